The summed E-state index contributed by atoms with van der Waals surface area (Å²) in [6, 6.07) is 6.37. The van der Waals surface area contributed by atoms with Gasteiger partial charge < -0.3 is 10.3 Å². The maximum Gasteiger partial charge on any atom is 0.140 e. The number of benzene rings is 1. The van der Waals surface area contributed by atoms with Crippen LogP contribution in [0, 0.1) is 5.82 Å². The first kappa shape index (κ1) is 9.86. The minimum Gasteiger partial charge on any atom is -0.334 e. The van der Waals surface area contributed by atoms with E-state index in [4.69, 9.17) is 5.73 Å². The Bertz CT molecular complexity index is 476. The van der Waals surface area contributed by atoms with E-state index in [0.717, 1.165) is 17.1 Å². The van der Waals surface area contributed by atoms with Crippen molar-refractivity contribution in [1.82, 2.24) is 9.55 Å². The molecule has 1 heterocycles. The lowest BCUT2D eigenvalue weighted by Gasteiger charge is -2.00. The Morgan fingerprint density at radius 1 is 1.47 bits per heavy atom. The predicted octanol–water partition coefficient (Wildman–Crippen LogP) is 1.68. The Labute approximate surface area is 87.4 Å². The molecule has 0 aliphatic carbocycles. The van der Waals surface area contributed by atoms with Crippen LogP contribution in [0.1, 0.15) is 5.69 Å². The number of nitrogens with zero attached hydrogens (tertiary/aromatic N) is 2. The zero-order valence-electron chi connectivity index (χ0n) is 8.44. The van der Waals surface area contributed by atoms with Crippen molar-refractivity contribution in [3.8, 4) is 11.4 Å². The fraction of sp³-hybridized carbons (Fsp3) is 0.182. The van der Waals surface area contributed by atoms with Crippen LogP contribution in [0.3, 0.4) is 0 Å². The second kappa shape index (κ2) is 3.82. The van der Waals surface area contributed by atoms with Crippen molar-refractivity contribution in [2.24, 2.45) is 12.8 Å². The Morgan fingerprint density at radius 2 is 2.27 bits per heavy atom. The number of hydrogen-bond acceptors (Lipinski definition) is 2. The minimum absolute atomic E-state index is 0.259. The fourth-order valence-corrected chi connectivity index (χ4v) is 1.52. The van der Waals surface area contributed by atoms with Gasteiger partial charge in [-0.05, 0) is 12.1 Å². The summed E-state index contributed by atoms with van der Waals surface area (Å²) in [7, 11) is 1.87. The summed E-state index contributed by atoms with van der Waals surface area (Å²) < 4.78 is 14.9. The zero-order chi connectivity index (χ0) is 10.8. The van der Waals surface area contributed by atoms with Gasteiger partial charge in [0.25, 0.3) is 0 Å². The molecule has 2 rings (SSSR count). The lowest BCUT2D eigenvalue weighted by Crippen LogP contribution is -1.95. The second-order valence-electron chi connectivity index (χ2n) is 3.38. The third-order valence-corrected chi connectivity index (χ3v) is 2.22. The summed E-state index contributed by atoms with van der Waals surface area (Å²) in [5, 5.41) is 0. The lowest BCUT2D eigenvalue weighted by molar-refractivity contribution is 0.628. The quantitative estimate of drug-likeness (QED) is 0.810. The van der Waals surface area contributed by atoms with E-state index in [1.54, 1.807) is 6.07 Å². The van der Waals surface area contributed by atoms with Crippen molar-refractivity contribution < 1.29 is 4.39 Å². The standard InChI is InChI=1S/C11H12FN3/c1-15-7-10(6-13)14-11(15)8-3-2-4-9(12)5-8/h2-5,7H,6,13H2,1H3. The summed E-state index contributed by atoms with van der Waals surface area (Å²) in [5.74, 6) is 0.472. The lowest BCUT2D eigenvalue weighted by atomic mass is 10.2. The monoisotopic (exact) mass is 205 g/mol. The van der Waals surface area contributed by atoms with Gasteiger partial charge in [0.15, 0.2) is 0 Å². The van der Waals surface area contributed by atoms with Gasteiger partial charge in [-0.2, -0.15) is 0 Å². The molecule has 4 heteroatoms. The summed E-state index contributed by atoms with van der Waals surface area (Å²) in [5.41, 5.74) is 7.05. The molecule has 0 unspecified atom stereocenters. The van der Waals surface area contributed by atoms with Crippen LogP contribution in [0.2, 0.25) is 0 Å². The molecule has 0 aliphatic rings. The molecule has 78 valence electrons. The summed E-state index contributed by atoms with van der Waals surface area (Å²) in [6.45, 7) is 0.392. The second-order valence-corrected chi connectivity index (χ2v) is 3.38. The first-order chi connectivity index (χ1) is 7.20. The van der Waals surface area contributed by atoms with E-state index >= 15 is 0 Å². The van der Waals surface area contributed by atoms with Crippen molar-refractivity contribution in [2.75, 3.05) is 0 Å². The Hall–Kier alpha value is -1.68. The number of hydrogen-bond donors (Lipinski definition) is 1. The summed E-state index contributed by atoms with van der Waals surface area (Å²) in [4.78, 5) is 4.31. The van der Waals surface area contributed by atoms with Gasteiger partial charge in [0, 0.05) is 25.4 Å². The van der Waals surface area contributed by atoms with Gasteiger partial charge in [0.05, 0.1) is 5.69 Å². The van der Waals surface area contributed by atoms with Gasteiger partial charge in [-0.3, -0.25) is 0 Å². The normalized spacial score (nSPS) is 10.6. The molecule has 0 spiro atoms. The average Bonchev–Trinajstić information content (AvgIpc) is 2.60. The number of nitrogens with two attached hydrogens (primary N) is 1. The van der Waals surface area contributed by atoms with Crippen LogP contribution in [0.4, 0.5) is 4.39 Å². The highest BCUT2D eigenvalue weighted by Gasteiger charge is 2.07. The van der Waals surface area contributed by atoms with Crippen molar-refractivity contribution >= 4 is 0 Å². The molecule has 2 N–H and O–H groups in total. The number of halogens is 1. The minimum atomic E-state index is -0.259. The van der Waals surface area contributed by atoms with E-state index in [9.17, 15) is 4.39 Å². The molecule has 0 fully saturated rings. The molecule has 0 saturated carbocycles. The van der Waals surface area contributed by atoms with Crippen LogP contribution in [0.15, 0.2) is 30.5 Å². The highest BCUT2D eigenvalue weighted by molar-refractivity contribution is 5.55. The van der Waals surface area contributed by atoms with Crippen LogP contribution in [0.5, 0.6) is 0 Å². The predicted molar refractivity (Wildman–Crippen MR) is 56.5 cm³/mol. The first-order valence-corrected chi connectivity index (χ1v) is 4.69. The van der Waals surface area contributed by atoms with Gasteiger partial charge in [-0.15, -0.1) is 0 Å². The van der Waals surface area contributed by atoms with E-state index in [1.165, 1.54) is 12.1 Å². The highest BCUT2D eigenvalue weighted by atomic mass is 19.1. The molecule has 0 radical (unpaired) electrons. The summed E-state index contributed by atoms with van der Waals surface area (Å²) in [6.07, 6.45) is 1.85. The molecule has 3 nitrogen and oxygen atoms in total. The van der Waals surface area contributed by atoms with Gasteiger partial charge in [-0.1, -0.05) is 12.1 Å². The molecule has 0 atom stereocenters. The van der Waals surface area contributed by atoms with E-state index in [2.05, 4.69) is 4.98 Å². The molecule has 0 saturated heterocycles. The van der Waals surface area contributed by atoms with Gasteiger partial charge >= 0.3 is 0 Å². The molecule has 0 amide bonds. The highest BCUT2D eigenvalue weighted by Crippen LogP contribution is 2.18. The molecular formula is C11H12FN3. The molecule has 0 aliphatic heterocycles. The van der Waals surface area contributed by atoms with Crippen molar-refractivity contribution in [1.29, 1.82) is 0 Å². The number of rotatable bonds is 2. The maximum atomic E-state index is 13.0. The van der Waals surface area contributed by atoms with Crippen LogP contribution < -0.4 is 5.73 Å². The molecule has 0 bridgehead atoms. The molecule has 2 aromatic rings. The largest absolute Gasteiger partial charge is 0.334 e. The van der Waals surface area contributed by atoms with Crippen LogP contribution in [-0.2, 0) is 13.6 Å². The Morgan fingerprint density at radius 3 is 2.87 bits per heavy atom. The van der Waals surface area contributed by atoms with E-state index in [1.807, 2.05) is 23.9 Å². The smallest absolute Gasteiger partial charge is 0.140 e. The Balaban J connectivity index is 2.48. The van der Waals surface area contributed by atoms with Crippen LogP contribution in [0.25, 0.3) is 11.4 Å². The summed E-state index contributed by atoms with van der Waals surface area (Å²) >= 11 is 0. The van der Waals surface area contributed by atoms with E-state index in [0.29, 0.717) is 6.54 Å². The van der Waals surface area contributed by atoms with Crippen LogP contribution in [-0.4, -0.2) is 9.55 Å². The fourth-order valence-electron chi connectivity index (χ4n) is 1.52. The van der Waals surface area contributed by atoms with Crippen molar-refractivity contribution in [3.63, 3.8) is 0 Å². The molecule has 1 aromatic carbocycles. The van der Waals surface area contributed by atoms with Gasteiger partial charge in [0.1, 0.15) is 11.6 Å². The SMILES string of the molecule is Cn1cc(CN)nc1-c1cccc(F)c1. The van der Waals surface area contributed by atoms with E-state index < -0.39 is 0 Å². The Kier molecular flexibility index (Phi) is 2.51. The van der Waals surface area contributed by atoms with Gasteiger partial charge in [0.2, 0.25) is 0 Å². The zero-order valence-corrected chi connectivity index (χ0v) is 8.44. The molecule has 15 heavy (non-hydrogen) atoms. The topological polar surface area (TPSA) is 43.8 Å². The maximum absolute atomic E-state index is 13.0. The van der Waals surface area contributed by atoms with Gasteiger partial charge in [-0.25, -0.2) is 9.37 Å². The third kappa shape index (κ3) is 1.89. The number of imidazole rings is 1. The molecule has 1 aromatic heterocycles. The number of aryl methyl sites for hydroxylation is 1. The number of aromatic nitrogens is 2. The molecular weight excluding hydrogens is 193 g/mol. The van der Waals surface area contributed by atoms with E-state index in [-0.39, 0.29) is 5.82 Å². The van der Waals surface area contributed by atoms with Crippen LogP contribution >= 0.6 is 0 Å². The van der Waals surface area contributed by atoms with Crippen molar-refractivity contribution in [2.45, 2.75) is 6.54 Å². The average molecular weight is 205 g/mol. The third-order valence-electron chi connectivity index (χ3n) is 2.22. The van der Waals surface area contributed by atoms with Crippen molar-refractivity contribution in [3.05, 3.63) is 42.0 Å². The first-order valence-electron chi connectivity index (χ1n) is 4.69.